The van der Waals surface area contributed by atoms with Gasteiger partial charge in [-0.2, -0.15) is 8.78 Å². The van der Waals surface area contributed by atoms with Crippen LogP contribution in [0.5, 0.6) is 5.75 Å². The standard InChI is InChI=1S/C18H24F2O5/c1-2-3-12-8-21-17(22-9-12)14-10-23-16(24-11-14)13-4-6-15(7-5-13)25-18(19)20/h4-7,12,14,16-18H,2-3,8-11H2,1H3/t12-,14-,16-,17-. The van der Waals surface area contributed by atoms with Crippen LogP contribution >= 0.6 is 0 Å². The fourth-order valence-electron chi connectivity index (χ4n) is 3.08. The number of benzene rings is 1. The highest BCUT2D eigenvalue weighted by Crippen LogP contribution is 2.30. The molecule has 2 fully saturated rings. The first kappa shape index (κ1) is 18.5. The molecule has 0 aromatic heterocycles. The van der Waals surface area contributed by atoms with Gasteiger partial charge in [0.15, 0.2) is 12.6 Å². The summed E-state index contributed by atoms with van der Waals surface area (Å²) in [7, 11) is 0. The van der Waals surface area contributed by atoms with Crippen LogP contribution in [0.1, 0.15) is 31.6 Å². The van der Waals surface area contributed by atoms with E-state index in [0.29, 0.717) is 32.3 Å². The van der Waals surface area contributed by atoms with Crippen LogP contribution in [0.4, 0.5) is 8.78 Å². The molecule has 3 rings (SSSR count). The van der Waals surface area contributed by atoms with Gasteiger partial charge in [-0.15, -0.1) is 0 Å². The summed E-state index contributed by atoms with van der Waals surface area (Å²) in [6, 6.07) is 6.26. The summed E-state index contributed by atoms with van der Waals surface area (Å²) in [5, 5.41) is 0. The number of alkyl halides is 2. The highest BCUT2D eigenvalue weighted by Gasteiger charge is 2.33. The third kappa shape index (κ3) is 5.10. The molecule has 0 amide bonds. The van der Waals surface area contributed by atoms with E-state index in [4.69, 9.17) is 18.9 Å². The Balaban J connectivity index is 1.46. The lowest BCUT2D eigenvalue weighted by Gasteiger charge is -2.37. The molecule has 0 aliphatic carbocycles. The fourth-order valence-corrected chi connectivity index (χ4v) is 3.08. The molecule has 140 valence electrons. The van der Waals surface area contributed by atoms with E-state index >= 15 is 0 Å². The first-order valence-corrected chi connectivity index (χ1v) is 8.67. The smallest absolute Gasteiger partial charge is 0.387 e. The number of hydrogen-bond donors (Lipinski definition) is 0. The first-order chi connectivity index (χ1) is 12.2. The Labute approximate surface area is 146 Å². The van der Waals surface area contributed by atoms with Gasteiger partial charge in [0.1, 0.15) is 5.75 Å². The van der Waals surface area contributed by atoms with Crippen molar-refractivity contribution in [2.45, 2.75) is 39.0 Å². The van der Waals surface area contributed by atoms with Crippen molar-refractivity contribution in [2.24, 2.45) is 11.8 Å². The van der Waals surface area contributed by atoms with Crippen LogP contribution < -0.4 is 4.74 Å². The summed E-state index contributed by atoms with van der Waals surface area (Å²) < 4.78 is 51.8. The van der Waals surface area contributed by atoms with Crippen LogP contribution in [-0.2, 0) is 18.9 Å². The van der Waals surface area contributed by atoms with E-state index in [0.717, 1.165) is 18.4 Å². The zero-order chi connectivity index (χ0) is 17.6. The quantitative estimate of drug-likeness (QED) is 0.775. The van der Waals surface area contributed by atoms with Crippen molar-refractivity contribution in [3.8, 4) is 5.75 Å². The molecule has 25 heavy (non-hydrogen) atoms. The van der Waals surface area contributed by atoms with Crippen molar-refractivity contribution in [1.29, 1.82) is 0 Å². The van der Waals surface area contributed by atoms with E-state index in [9.17, 15) is 8.78 Å². The summed E-state index contributed by atoms with van der Waals surface area (Å²) in [6.45, 7) is 1.67. The van der Waals surface area contributed by atoms with Gasteiger partial charge < -0.3 is 23.7 Å². The van der Waals surface area contributed by atoms with Crippen LogP contribution in [0, 0.1) is 11.8 Å². The second-order valence-electron chi connectivity index (χ2n) is 6.40. The van der Waals surface area contributed by atoms with Crippen molar-refractivity contribution in [3.63, 3.8) is 0 Å². The Morgan fingerprint density at radius 1 is 1.00 bits per heavy atom. The van der Waals surface area contributed by atoms with Gasteiger partial charge in [-0.3, -0.25) is 0 Å². The maximum atomic E-state index is 12.2. The molecular weight excluding hydrogens is 334 g/mol. The Morgan fingerprint density at radius 2 is 1.64 bits per heavy atom. The molecule has 0 spiro atoms. The molecule has 7 heteroatoms. The Bertz CT molecular complexity index is 509. The molecule has 0 unspecified atom stereocenters. The van der Waals surface area contributed by atoms with Gasteiger partial charge in [0, 0.05) is 11.5 Å². The largest absolute Gasteiger partial charge is 0.435 e. The van der Waals surface area contributed by atoms with E-state index < -0.39 is 12.9 Å². The van der Waals surface area contributed by atoms with Gasteiger partial charge in [0.2, 0.25) is 0 Å². The maximum absolute atomic E-state index is 12.2. The molecule has 1 aromatic rings. The van der Waals surface area contributed by atoms with Crippen molar-refractivity contribution in [2.75, 3.05) is 26.4 Å². The zero-order valence-electron chi connectivity index (χ0n) is 14.2. The van der Waals surface area contributed by atoms with Crippen molar-refractivity contribution in [1.82, 2.24) is 0 Å². The summed E-state index contributed by atoms with van der Waals surface area (Å²) in [5.74, 6) is 0.603. The number of halogens is 2. The molecule has 2 heterocycles. The van der Waals surface area contributed by atoms with Crippen LogP contribution in [-0.4, -0.2) is 39.3 Å². The molecule has 0 saturated carbocycles. The molecule has 0 radical (unpaired) electrons. The van der Waals surface area contributed by atoms with Gasteiger partial charge in [0.05, 0.1) is 32.3 Å². The van der Waals surface area contributed by atoms with E-state index in [-0.39, 0.29) is 18.0 Å². The fraction of sp³-hybridized carbons (Fsp3) is 0.667. The Hall–Kier alpha value is -1.28. The van der Waals surface area contributed by atoms with E-state index in [1.165, 1.54) is 12.1 Å². The van der Waals surface area contributed by atoms with Gasteiger partial charge in [0.25, 0.3) is 0 Å². The molecule has 0 bridgehead atoms. The van der Waals surface area contributed by atoms with Crippen LogP contribution in [0.25, 0.3) is 0 Å². The van der Waals surface area contributed by atoms with Gasteiger partial charge in [-0.1, -0.05) is 25.5 Å². The molecule has 5 nitrogen and oxygen atoms in total. The highest BCUT2D eigenvalue weighted by molar-refractivity contribution is 5.28. The zero-order valence-corrected chi connectivity index (χ0v) is 14.2. The van der Waals surface area contributed by atoms with Crippen molar-refractivity contribution < 1.29 is 32.5 Å². The second-order valence-corrected chi connectivity index (χ2v) is 6.40. The summed E-state index contributed by atoms with van der Waals surface area (Å²) >= 11 is 0. The third-order valence-corrected chi connectivity index (χ3v) is 4.37. The molecule has 2 aliphatic rings. The summed E-state index contributed by atoms with van der Waals surface area (Å²) in [6.07, 6.45) is 1.42. The highest BCUT2D eigenvalue weighted by atomic mass is 19.3. The SMILES string of the molecule is CCC[C@H]1CO[C@H]([C@H]2CO[C@H](c3ccc(OC(F)F)cc3)OC2)OC1. The maximum Gasteiger partial charge on any atom is 0.387 e. The minimum atomic E-state index is -2.83. The molecule has 0 N–H and O–H groups in total. The monoisotopic (exact) mass is 358 g/mol. The molecule has 2 aliphatic heterocycles. The van der Waals surface area contributed by atoms with Crippen molar-refractivity contribution in [3.05, 3.63) is 29.8 Å². The van der Waals surface area contributed by atoms with Crippen LogP contribution in [0.15, 0.2) is 24.3 Å². The Morgan fingerprint density at radius 3 is 2.20 bits per heavy atom. The molecule has 0 atom stereocenters. The van der Waals surface area contributed by atoms with Crippen LogP contribution in [0.3, 0.4) is 0 Å². The molecule has 2 saturated heterocycles. The minimum Gasteiger partial charge on any atom is -0.435 e. The molecule has 1 aromatic carbocycles. The van der Waals surface area contributed by atoms with Crippen LogP contribution in [0.2, 0.25) is 0 Å². The van der Waals surface area contributed by atoms with Crippen molar-refractivity contribution >= 4 is 0 Å². The van der Waals surface area contributed by atoms with Gasteiger partial charge in [-0.05, 0) is 18.6 Å². The first-order valence-electron chi connectivity index (χ1n) is 8.67. The summed E-state index contributed by atoms with van der Waals surface area (Å²) in [5.41, 5.74) is 0.758. The average Bonchev–Trinajstić information content (AvgIpc) is 2.63. The second kappa shape index (κ2) is 8.89. The predicted molar refractivity (Wildman–Crippen MR) is 85.3 cm³/mol. The predicted octanol–water partition coefficient (Wildman–Crippen LogP) is 3.74. The lowest BCUT2D eigenvalue weighted by molar-refractivity contribution is -0.283. The number of ether oxygens (including phenoxy) is 5. The lowest BCUT2D eigenvalue weighted by Crippen LogP contribution is -2.43. The van der Waals surface area contributed by atoms with E-state index in [1.54, 1.807) is 12.1 Å². The average molecular weight is 358 g/mol. The van der Waals surface area contributed by atoms with E-state index in [2.05, 4.69) is 11.7 Å². The van der Waals surface area contributed by atoms with Gasteiger partial charge >= 0.3 is 6.61 Å². The van der Waals surface area contributed by atoms with E-state index in [1.807, 2.05) is 0 Å². The van der Waals surface area contributed by atoms with Gasteiger partial charge in [-0.25, -0.2) is 0 Å². The minimum absolute atomic E-state index is 0.0280. The third-order valence-electron chi connectivity index (χ3n) is 4.37. The normalized spacial score (nSPS) is 30.4. The topological polar surface area (TPSA) is 46.2 Å². The number of rotatable bonds is 6. The lowest BCUT2D eigenvalue weighted by atomic mass is 10.0. The Kier molecular flexibility index (Phi) is 6.58. The number of hydrogen-bond acceptors (Lipinski definition) is 5. The summed E-state index contributed by atoms with van der Waals surface area (Å²) in [4.78, 5) is 0. The molecular formula is C18H24F2O5.